The molecule has 0 bridgehead atoms. The van der Waals surface area contributed by atoms with E-state index in [4.69, 9.17) is 0 Å². The van der Waals surface area contributed by atoms with Gasteiger partial charge in [-0.1, -0.05) is 22.4 Å². The maximum absolute atomic E-state index is 13.9. The van der Waals surface area contributed by atoms with Gasteiger partial charge in [-0.05, 0) is 48.2 Å². The summed E-state index contributed by atoms with van der Waals surface area (Å²) < 4.78 is 54.9. The van der Waals surface area contributed by atoms with Crippen LogP contribution in [-0.2, 0) is 26.7 Å². The second-order valence-corrected chi connectivity index (χ2v) is 9.21. The molecule has 0 amide bonds. The molecular formula is C18H14BrF2NO3S. The molecule has 136 valence electrons. The van der Waals surface area contributed by atoms with Gasteiger partial charge in [0.15, 0.2) is 0 Å². The summed E-state index contributed by atoms with van der Waals surface area (Å²) in [5, 5.41) is 0. The highest BCUT2D eigenvalue weighted by atomic mass is 79.9. The summed E-state index contributed by atoms with van der Waals surface area (Å²) >= 11 is 3.41. The molecule has 2 aliphatic carbocycles. The first-order valence-corrected chi connectivity index (χ1v) is 10.3. The number of hydrogen-bond donors (Lipinski definition) is 1. The van der Waals surface area contributed by atoms with Crippen molar-refractivity contribution in [2.75, 3.05) is 4.72 Å². The van der Waals surface area contributed by atoms with Crippen molar-refractivity contribution in [2.45, 2.75) is 36.0 Å². The molecular weight excluding hydrogens is 428 g/mol. The van der Waals surface area contributed by atoms with Crippen LogP contribution in [0.5, 0.6) is 0 Å². The van der Waals surface area contributed by atoms with Crippen molar-refractivity contribution in [2.24, 2.45) is 0 Å². The third-order valence-corrected chi connectivity index (χ3v) is 7.35. The third kappa shape index (κ3) is 2.58. The zero-order valence-electron chi connectivity index (χ0n) is 13.5. The van der Waals surface area contributed by atoms with Crippen LogP contribution in [0.1, 0.15) is 30.4 Å². The van der Waals surface area contributed by atoms with E-state index in [2.05, 4.69) is 20.7 Å². The van der Waals surface area contributed by atoms with E-state index in [0.29, 0.717) is 17.0 Å². The highest BCUT2D eigenvalue weighted by molar-refractivity contribution is 9.10. The van der Waals surface area contributed by atoms with Gasteiger partial charge in [-0.2, -0.15) is 0 Å². The molecule has 0 unspecified atom stereocenters. The van der Waals surface area contributed by atoms with Crippen molar-refractivity contribution in [1.82, 2.24) is 0 Å². The molecule has 2 aromatic carbocycles. The summed E-state index contributed by atoms with van der Waals surface area (Å²) in [6, 6.07) is 5.51. The van der Waals surface area contributed by atoms with Gasteiger partial charge in [0.2, 0.25) is 0 Å². The van der Waals surface area contributed by atoms with Crippen LogP contribution in [-0.4, -0.2) is 14.2 Å². The maximum atomic E-state index is 13.9. The molecule has 0 heterocycles. The van der Waals surface area contributed by atoms with Gasteiger partial charge >= 0.3 is 0 Å². The Morgan fingerprint density at radius 3 is 2.46 bits per heavy atom. The van der Waals surface area contributed by atoms with Crippen molar-refractivity contribution < 1.29 is 22.0 Å². The zero-order valence-corrected chi connectivity index (χ0v) is 15.9. The number of rotatable bonds is 3. The van der Waals surface area contributed by atoms with Crippen molar-refractivity contribution in [3.05, 3.63) is 57.6 Å². The molecule has 1 saturated carbocycles. The lowest BCUT2D eigenvalue weighted by Crippen LogP contribution is -2.39. The number of ketones is 1. The van der Waals surface area contributed by atoms with Gasteiger partial charge in [-0.15, -0.1) is 0 Å². The van der Waals surface area contributed by atoms with Gasteiger partial charge in [0.05, 0.1) is 11.1 Å². The van der Waals surface area contributed by atoms with Crippen molar-refractivity contribution in [3.8, 4) is 0 Å². The molecule has 2 aliphatic rings. The van der Waals surface area contributed by atoms with Crippen LogP contribution < -0.4 is 4.72 Å². The SMILES string of the molecule is O=C1Cc2c(Br)cc(NS(=O)(=O)c3ccc(F)cc3F)cc2C12CCC2. The zero-order chi connectivity index (χ0) is 18.7. The smallest absolute Gasteiger partial charge is 0.264 e. The van der Waals surface area contributed by atoms with Gasteiger partial charge in [0.1, 0.15) is 22.3 Å². The Kier molecular flexibility index (Phi) is 3.96. The first kappa shape index (κ1) is 17.6. The lowest BCUT2D eigenvalue weighted by molar-refractivity contribution is -0.125. The lowest BCUT2D eigenvalue weighted by Gasteiger charge is -2.37. The molecule has 0 aliphatic heterocycles. The van der Waals surface area contributed by atoms with Crippen molar-refractivity contribution in [1.29, 1.82) is 0 Å². The van der Waals surface area contributed by atoms with Gasteiger partial charge in [0, 0.05) is 17.0 Å². The maximum Gasteiger partial charge on any atom is 0.264 e. The number of anilines is 1. The van der Waals surface area contributed by atoms with E-state index in [1.807, 2.05) is 0 Å². The predicted molar refractivity (Wildman–Crippen MR) is 95.5 cm³/mol. The third-order valence-electron chi connectivity index (χ3n) is 5.22. The average molecular weight is 442 g/mol. The van der Waals surface area contributed by atoms with Crippen LogP contribution in [0, 0.1) is 11.6 Å². The number of Topliss-reactive ketones (excluding diaryl/α,β-unsaturated/α-hetero) is 1. The predicted octanol–water partition coefficient (Wildman–Crippen LogP) is 4.08. The van der Waals surface area contributed by atoms with Crippen LogP contribution in [0.2, 0.25) is 0 Å². The number of hydrogen-bond acceptors (Lipinski definition) is 3. The fraction of sp³-hybridized carbons (Fsp3) is 0.278. The molecule has 4 rings (SSSR count). The topological polar surface area (TPSA) is 63.2 Å². The number of sulfonamides is 1. The molecule has 26 heavy (non-hydrogen) atoms. The second kappa shape index (κ2) is 5.85. The molecule has 0 atom stereocenters. The quantitative estimate of drug-likeness (QED) is 0.780. The average Bonchev–Trinajstić information content (AvgIpc) is 2.79. The number of fused-ring (bicyclic) bond motifs is 2. The molecule has 1 fully saturated rings. The Bertz CT molecular complexity index is 1050. The summed E-state index contributed by atoms with van der Waals surface area (Å²) in [6.45, 7) is 0. The molecule has 1 N–H and O–H groups in total. The van der Waals surface area contributed by atoms with Crippen molar-refractivity contribution in [3.63, 3.8) is 0 Å². The standard InChI is InChI=1S/C18H14BrF2NO3S/c19-14-8-11(7-13-12(14)9-17(23)18(13)4-1-5-18)22-26(24,25)16-3-2-10(20)6-15(16)21/h2-3,6-8,22H,1,4-5,9H2. The molecule has 1 spiro atoms. The molecule has 2 aromatic rings. The van der Waals surface area contributed by atoms with Gasteiger partial charge in [-0.3, -0.25) is 9.52 Å². The van der Waals surface area contributed by atoms with E-state index < -0.39 is 32.0 Å². The Hall–Kier alpha value is -1.80. The summed E-state index contributed by atoms with van der Waals surface area (Å²) in [5.74, 6) is -1.86. The largest absolute Gasteiger partial charge is 0.298 e. The number of nitrogens with one attached hydrogen (secondary N) is 1. The van der Waals surface area contributed by atoms with Crippen LogP contribution in [0.4, 0.5) is 14.5 Å². The summed E-state index contributed by atoms with van der Waals surface area (Å²) in [4.78, 5) is 11.8. The first-order chi connectivity index (χ1) is 12.2. The Labute approximate surface area is 157 Å². The fourth-order valence-corrected chi connectivity index (χ4v) is 5.47. The number of carbonyl (C=O) groups excluding carboxylic acids is 1. The Morgan fingerprint density at radius 2 is 1.85 bits per heavy atom. The monoisotopic (exact) mass is 441 g/mol. The fourth-order valence-electron chi connectivity index (χ4n) is 3.76. The van der Waals surface area contributed by atoms with Crippen molar-refractivity contribution >= 4 is 37.4 Å². The van der Waals surface area contributed by atoms with E-state index in [-0.39, 0.29) is 11.5 Å². The van der Waals surface area contributed by atoms with Crippen LogP contribution in [0.15, 0.2) is 39.7 Å². The minimum Gasteiger partial charge on any atom is -0.298 e. The molecule has 4 nitrogen and oxygen atoms in total. The summed E-state index contributed by atoms with van der Waals surface area (Å²) in [6.07, 6.45) is 2.80. The van der Waals surface area contributed by atoms with Gasteiger partial charge < -0.3 is 0 Å². The normalized spacial score (nSPS) is 17.9. The van der Waals surface area contributed by atoms with Crippen LogP contribution in [0.25, 0.3) is 0 Å². The van der Waals surface area contributed by atoms with Crippen LogP contribution in [0.3, 0.4) is 0 Å². The minimum absolute atomic E-state index is 0.157. The Balaban J connectivity index is 1.74. The molecule has 0 aromatic heterocycles. The molecule has 8 heteroatoms. The van der Waals surface area contributed by atoms with Gasteiger partial charge in [0.25, 0.3) is 10.0 Å². The summed E-state index contributed by atoms with van der Waals surface area (Å²) in [5.41, 5.74) is 1.44. The summed E-state index contributed by atoms with van der Waals surface area (Å²) in [7, 11) is -4.23. The van der Waals surface area contributed by atoms with E-state index in [0.717, 1.165) is 42.5 Å². The van der Waals surface area contributed by atoms with Crippen LogP contribution >= 0.6 is 15.9 Å². The highest BCUT2D eigenvalue weighted by Crippen LogP contribution is 2.52. The van der Waals surface area contributed by atoms with E-state index in [9.17, 15) is 22.0 Å². The van der Waals surface area contributed by atoms with E-state index in [1.54, 1.807) is 12.1 Å². The highest BCUT2D eigenvalue weighted by Gasteiger charge is 2.51. The first-order valence-electron chi connectivity index (χ1n) is 8.07. The molecule has 0 radical (unpaired) electrons. The second-order valence-electron chi connectivity index (χ2n) is 6.70. The number of halogens is 3. The Morgan fingerprint density at radius 1 is 1.12 bits per heavy atom. The van der Waals surface area contributed by atoms with E-state index >= 15 is 0 Å². The van der Waals surface area contributed by atoms with E-state index in [1.165, 1.54) is 0 Å². The number of benzene rings is 2. The minimum atomic E-state index is -4.23. The molecule has 0 saturated heterocycles. The lowest BCUT2D eigenvalue weighted by atomic mass is 9.64. The number of carbonyl (C=O) groups is 1. The van der Waals surface area contributed by atoms with Gasteiger partial charge in [-0.25, -0.2) is 17.2 Å².